The number of phosphoric acid groups is 1. The highest BCUT2D eigenvalue weighted by Gasteiger charge is 2.27. The Kier molecular flexibility index (Phi) is 66.4. The fourth-order valence-corrected chi connectivity index (χ4v) is 11.7. The Morgan fingerprint density at radius 1 is 0.400 bits per heavy atom. The van der Waals surface area contributed by atoms with Gasteiger partial charge in [0.1, 0.15) is 19.3 Å². The molecule has 0 saturated heterocycles. The van der Waals surface area contributed by atoms with Gasteiger partial charge in [-0.25, -0.2) is 0 Å². The number of hydrogen-bond donors (Lipinski definition) is 1. The van der Waals surface area contributed by atoms with Crippen LogP contribution in [0.25, 0.3) is 0 Å². The minimum Gasteiger partial charge on any atom is -0.756 e. The first kappa shape index (κ1) is 86.9. The summed E-state index contributed by atoms with van der Waals surface area (Å²) in [5, 5.41) is 3.05. The first-order chi connectivity index (χ1) is 43.9. The number of phosphoric ester groups is 1. The van der Waals surface area contributed by atoms with Crippen molar-refractivity contribution < 1.29 is 37.3 Å². The summed E-state index contributed by atoms with van der Waals surface area (Å²) in [6.45, 7) is 6.74. The number of amides is 1. The molecule has 3 atom stereocenters. The molecule has 10 heteroatoms. The van der Waals surface area contributed by atoms with Crippen LogP contribution >= 0.6 is 7.82 Å². The summed E-state index contributed by atoms with van der Waals surface area (Å²) in [5.74, 6) is -0.539. The van der Waals surface area contributed by atoms with Crippen LogP contribution in [0.15, 0.2) is 97.2 Å². The lowest BCUT2D eigenvalue weighted by atomic mass is 10.0. The van der Waals surface area contributed by atoms with E-state index in [0.29, 0.717) is 17.4 Å². The molecule has 0 spiro atoms. The van der Waals surface area contributed by atoms with E-state index < -0.39 is 26.6 Å². The Hall–Kier alpha value is -3.07. The van der Waals surface area contributed by atoms with E-state index in [1.807, 2.05) is 33.3 Å². The van der Waals surface area contributed by atoms with Crippen molar-refractivity contribution in [3.8, 4) is 0 Å². The largest absolute Gasteiger partial charge is 0.756 e. The zero-order valence-corrected chi connectivity index (χ0v) is 60.7. The van der Waals surface area contributed by atoms with Crippen LogP contribution in [-0.2, 0) is 27.9 Å². The van der Waals surface area contributed by atoms with Crippen molar-refractivity contribution in [2.75, 3.05) is 40.9 Å². The van der Waals surface area contributed by atoms with Crippen molar-refractivity contribution >= 4 is 19.7 Å². The number of nitrogens with one attached hydrogen (secondary N) is 1. The van der Waals surface area contributed by atoms with Gasteiger partial charge >= 0.3 is 5.97 Å². The summed E-state index contributed by atoms with van der Waals surface area (Å²) in [6, 6.07) is -0.896. The van der Waals surface area contributed by atoms with Gasteiger partial charge < -0.3 is 28.5 Å². The number of carbonyl (C=O) groups is 2. The Bertz CT molecular complexity index is 1860. The maximum atomic E-state index is 13.6. The molecule has 0 fully saturated rings. The molecule has 0 bridgehead atoms. The van der Waals surface area contributed by atoms with Crippen molar-refractivity contribution in [2.45, 2.75) is 360 Å². The average Bonchev–Trinajstić information content (AvgIpc) is 3.11. The number of allylic oxidation sites excluding steroid dienone is 15. The molecule has 522 valence electrons. The molecular formula is C80H145N2O7P. The molecule has 3 unspecified atom stereocenters. The van der Waals surface area contributed by atoms with E-state index >= 15 is 0 Å². The number of hydrogen-bond acceptors (Lipinski definition) is 7. The third-order valence-electron chi connectivity index (χ3n) is 16.7. The Morgan fingerprint density at radius 3 is 1.09 bits per heavy atom. The molecule has 1 N–H and O–H groups in total. The summed E-state index contributed by atoms with van der Waals surface area (Å²) in [6.07, 6.45) is 94.0. The number of carbonyl (C=O) groups excluding carboxylic acids is 2. The fraction of sp³-hybridized carbons (Fsp3) is 0.775. The number of unbranched alkanes of at least 4 members (excludes halogenated alkanes) is 39. The van der Waals surface area contributed by atoms with Crippen molar-refractivity contribution in [3.63, 3.8) is 0 Å². The highest BCUT2D eigenvalue weighted by atomic mass is 31.2. The monoisotopic (exact) mass is 1280 g/mol. The molecule has 0 aromatic rings. The molecule has 0 aliphatic heterocycles. The second-order valence-electron chi connectivity index (χ2n) is 26.8. The molecule has 90 heavy (non-hydrogen) atoms. The van der Waals surface area contributed by atoms with Crippen LogP contribution in [0.4, 0.5) is 0 Å². The highest BCUT2D eigenvalue weighted by molar-refractivity contribution is 7.45. The molecular weight excluding hydrogens is 1130 g/mol. The van der Waals surface area contributed by atoms with Gasteiger partial charge in [-0.15, -0.1) is 0 Å². The number of nitrogens with zero attached hydrogens (tertiary/aromatic N) is 1. The van der Waals surface area contributed by atoms with Gasteiger partial charge in [0.15, 0.2) is 0 Å². The van der Waals surface area contributed by atoms with Gasteiger partial charge in [-0.1, -0.05) is 324 Å². The molecule has 0 saturated carbocycles. The Labute approximate surface area is 558 Å². The first-order valence-electron chi connectivity index (χ1n) is 38.0. The topological polar surface area (TPSA) is 114 Å². The molecule has 1 amide bonds. The van der Waals surface area contributed by atoms with Gasteiger partial charge in [-0.3, -0.25) is 14.2 Å². The van der Waals surface area contributed by atoms with Gasteiger partial charge in [0, 0.05) is 12.8 Å². The minimum atomic E-state index is -4.71. The molecule has 0 aliphatic carbocycles. The molecule has 0 aromatic carbocycles. The minimum absolute atomic E-state index is 0.0255. The van der Waals surface area contributed by atoms with Crippen LogP contribution in [0.2, 0.25) is 0 Å². The normalized spacial score (nSPS) is 14.0. The standard InChI is InChI=1S/C80H145N2O7P/c1-7-10-13-16-19-22-25-28-30-32-34-36-38-40-41-43-44-46-48-50-52-54-57-60-63-66-69-72-79(83)81-77(76-88-90(85,86)87-75-74-82(4,5)6)78(71-68-65-62-59-56-27-24-21-18-15-12-9-3)89-80(84)73-70-67-64-61-58-55-53-51-49-47-45-42-39-37-35-33-31-29-26-23-20-17-14-11-8-2/h11,14,19-20,22-23,28-31,35,37,42,45,68,71,77-78H,7-10,12-13,15-18,21,24-27,32-34,36,38-41,43-44,46-67,69-70,72-76H2,1-6H3,(H-,81,83,85,86)/b14-11-,22-19-,23-20-,30-28-,31-29-,37-35-,45-42-,71-68+. The third kappa shape index (κ3) is 69.3. The Balaban J connectivity index is 4.98. The van der Waals surface area contributed by atoms with E-state index in [4.69, 9.17) is 13.8 Å². The van der Waals surface area contributed by atoms with Gasteiger partial charge in [0.05, 0.1) is 33.8 Å². The number of likely N-dealkylation sites (N-methyl/N-ethyl adjacent to an activating group) is 1. The Morgan fingerprint density at radius 2 is 0.711 bits per heavy atom. The predicted octanol–water partition coefficient (Wildman–Crippen LogP) is 24.0. The molecule has 0 rings (SSSR count). The summed E-state index contributed by atoms with van der Waals surface area (Å²) in [4.78, 5) is 40.3. The molecule has 0 radical (unpaired) electrons. The van der Waals surface area contributed by atoms with Crippen molar-refractivity contribution in [3.05, 3.63) is 97.2 Å². The van der Waals surface area contributed by atoms with Gasteiger partial charge in [-0.05, 0) is 109 Å². The van der Waals surface area contributed by atoms with Gasteiger partial charge in [-0.2, -0.15) is 0 Å². The second-order valence-corrected chi connectivity index (χ2v) is 28.2. The van der Waals surface area contributed by atoms with Crippen molar-refractivity contribution in [1.29, 1.82) is 0 Å². The van der Waals surface area contributed by atoms with E-state index in [1.165, 1.54) is 205 Å². The SMILES string of the molecule is CC/C=C\C/C=C\C/C=C\C/C=C\C/C=C\CCCCCCCCCCCC(=O)OC(/C=C/CCCCCCCCCCCC)C(COP(=O)([O-])OCC[N+](C)(C)C)NC(=O)CCCCCCCCCCCCCCCCCCC/C=C\C/C=C\CCCCC. The predicted molar refractivity (Wildman–Crippen MR) is 390 cm³/mol. The van der Waals surface area contributed by atoms with Gasteiger partial charge in [0.25, 0.3) is 7.82 Å². The summed E-state index contributed by atoms with van der Waals surface area (Å²) in [7, 11) is 1.18. The van der Waals surface area contributed by atoms with E-state index in [2.05, 4.69) is 111 Å². The highest BCUT2D eigenvalue weighted by Crippen LogP contribution is 2.38. The van der Waals surface area contributed by atoms with Crippen LogP contribution in [0.5, 0.6) is 0 Å². The smallest absolute Gasteiger partial charge is 0.306 e. The number of rotatable bonds is 69. The third-order valence-corrected chi connectivity index (χ3v) is 17.7. The number of ether oxygens (including phenoxy) is 1. The lowest BCUT2D eigenvalue weighted by Crippen LogP contribution is -2.47. The maximum absolute atomic E-state index is 13.6. The lowest BCUT2D eigenvalue weighted by molar-refractivity contribution is -0.870. The second kappa shape index (κ2) is 68.8. The quantitative estimate of drug-likeness (QED) is 0.0212. The van der Waals surface area contributed by atoms with E-state index in [9.17, 15) is 19.0 Å². The van der Waals surface area contributed by atoms with E-state index in [0.717, 1.165) is 109 Å². The summed E-state index contributed by atoms with van der Waals surface area (Å²) in [5.41, 5.74) is 0. The zero-order valence-electron chi connectivity index (χ0n) is 59.8. The average molecular weight is 1280 g/mol. The fourth-order valence-electron chi connectivity index (χ4n) is 10.9. The van der Waals surface area contributed by atoms with Crippen LogP contribution < -0.4 is 10.2 Å². The van der Waals surface area contributed by atoms with Crippen molar-refractivity contribution in [1.82, 2.24) is 5.32 Å². The molecule has 0 heterocycles. The van der Waals surface area contributed by atoms with Crippen molar-refractivity contribution in [2.24, 2.45) is 0 Å². The van der Waals surface area contributed by atoms with Crippen LogP contribution in [0.3, 0.4) is 0 Å². The van der Waals surface area contributed by atoms with Crippen LogP contribution in [0, 0.1) is 0 Å². The summed E-state index contributed by atoms with van der Waals surface area (Å²) >= 11 is 0. The lowest BCUT2D eigenvalue weighted by Gasteiger charge is -2.30. The van der Waals surface area contributed by atoms with Gasteiger partial charge in [0.2, 0.25) is 5.91 Å². The zero-order chi connectivity index (χ0) is 65.6. The number of esters is 1. The summed E-state index contributed by atoms with van der Waals surface area (Å²) < 4.78 is 30.5. The number of quaternary nitrogens is 1. The van der Waals surface area contributed by atoms with E-state index in [1.54, 1.807) is 0 Å². The molecule has 0 aliphatic rings. The maximum Gasteiger partial charge on any atom is 0.306 e. The molecule has 0 aromatic heterocycles. The molecule has 9 nitrogen and oxygen atoms in total. The first-order valence-corrected chi connectivity index (χ1v) is 39.5. The van der Waals surface area contributed by atoms with E-state index in [-0.39, 0.29) is 24.9 Å². The van der Waals surface area contributed by atoms with Crippen LogP contribution in [0.1, 0.15) is 348 Å². The van der Waals surface area contributed by atoms with Crippen LogP contribution in [-0.4, -0.2) is 69.4 Å².